The fraction of sp³-hybridized carbons (Fsp3) is 0.593. The summed E-state index contributed by atoms with van der Waals surface area (Å²) in [6, 6.07) is 10.7. The van der Waals surface area contributed by atoms with Crippen molar-refractivity contribution in [1.29, 1.82) is 0 Å². The number of carbonyl (C=O) groups is 1. The Kier molecular flexibility index (Phi) is 6.68. The summed E-state index contributed by atoms with van der Waals surface area (Å²) in [5, 5.41) is 2.74. The number of sulfone groups is 1. The van der Waals surface area contributed by atoms with E-state index >= 15 is 0 Å². The first kappa shape index (κ1) is 25.9. The Bertz CT molecular complexity index is 1250. The molecule has 37 heavy (non-hydrogen) atoms. The van der Waals surface area contributed by atoms with Crippen molar-refractivity contribution in [3.05, 3.63) is 42.1 Å². The van der Waals surface area contributed by atoms with Crippen LogP contribution in [0, 0.1) is 5.92 Å². The quantitative estimate of drug-likeness (QED) is 0.549. The fourth-order valence-corrected chi connectivity index (χ4v) is 6.91. The molecular weight excluding hydrogens is 488 g/mol. The lowest BCUT2D eigenvalue weighted by molar-refractivity contribution is 0.0172. The number of carbonyl (C=O) groups excluding carboxylic acids is 1. The summed E-state index contributed by atoms with van der Waals surface area (Å²) in [4.78, 5) is 28.6. The highest BCUT2D eigenvalue weighted by Crippen LogP contribution is 2.50. The van der Waals surface area contributed by atoms with Crippen LogP contribution >= 0.6 is 0 Å². The first-order valence-corrected chi connectivity index (χ1v) is 15.1. The number of amides is 2. The molecule has 3 fully saturated rings. The summed E-state index contributed by atoms with van der Waals surface area (Å²) in [5.41, 5.74) is 1.51. The van der Waals surface area contributed by atoms with Crippen LogP contribution in [0.15, 0.2) is 41.7 Å². The van der Waals surface area contributed by atoms with Crippen molar-refractivity contribution < 1.29 is 13.2 Å². The zero-order valence-corrected chi connectivity index (χ0v) is 23.1. The van der Waals surface area contributed by atoms with E-state index in [0.717, 1.165) is 38.5 Å². The molecule has 2 aromatic rings. The number of nitrogens with zero attached hydrogens (tertiary/aromatic N) is 5. The molecule has 0 atom stereocenters. The molecule has 1 aromatic heterocycles. The van der Waals surface area contributed by atoms with Gasteiger partial charge in [-0.2, -0.15) is 4.98 Å². The highest BCUT2D eigenvalue weighted by molar-refractivity contribution is 7.90. The van der Waals surface area contributed by atoms with Crippen LogP contribution in [0.3, 0.4) is 0 Å². The van der Waals surface area contributed by atoms with Crippen molar-refractivity contribution >= 4 is 27.4 Å². The van der Waals surface area contributed by atoms with E-state index in [2.05, 4.69) is 69.5 Å². The first-order valence-electron chi connectivity index (χ1n) is 13.2. The minimum absolute atomic E-state index is 0.0313. The molecule has 0 radical (unpaired) electrons. The van der Waals surface area contributed by atoms with Crippen LogP contribution in [0.2, 0.25) is 0 Å². The zero-order chi connectivity index (χ0) is 26.4. The molecule has 2 heterocycles. The van der Waals surface area contributed by atoms with Crippen LogP contribution in [0.25, 0.3) is 0 Å². The lowest BCUT2D eigenvalue weighted by Gasteiger charge is -2.51. The standard InChI is InChI=1S/C27H38N6O3S/c1-28-23-22(17-29-24(30-23)37(4,35)36)32-19-26(33(25(32)34)18-20-9-8-10-20)13-15-27(16-14-26,31(2)3)21-11-6-5-7-12-21/h5-7,11-12,17,20H,8-10,13-16,18-19H2,1-4H3,(H,28,29,30). The molecule has 2 saturated carbocycles. The molecule has 1 aliphatic heterocycles. The number of aromatic nitrogens is 2. The Labute approximate surface area is 220 Å². The number of anilines is 2. The summed E-state index contributed by atoms with van der Waals surface area (Å²) < 4.78 is 24.1. The van der Waals surface area contributed by atoms with E-state index < -0.39 is 9.84 Å². The third-order valence-electron chi connectivity index (χ3n) is 8.93. The van der Waals surface area contributed by atoms with Gasteiger partial charge in [0.05, 0.1) is 18.3 Å². The first-order chi connectivity index (χ1) is 17.6. The van der Waals surface area contributed by atoms with E-state index in [1.165, 1.54) is 31.0 Å². The molecule has 2 amide bonds. The van der Waals surface area contributed by atoms with E-state index in [0.29, 0.717) is 24.0 Å². The van der Waals surface area contributed by atoms with Gasteiger partial charge in [0.15, 0.2) is 5.82 Å². The highest BCUT2D eigenvalue weighted by Gasteiger charge is 2.55. The van der Waals surface area contributed by atoms with Gasteiger partial charge in [-0.05, 0) is 64.1 Å². The number of hydrogen-bond acceptors (Lipinski definition) is 7. The third-order valence-corrected chi connectivity index (χ3v) is 9.79. The van der Waals surface area contributed by atoms with Crippen molar-refractivity contribution in [2.45, 2.75) is 61.2 Å². The second-order valence-corrected chi connectivity index (χ2v) is 13.1. The van der Waals surface area contributed by atoms with Crippen LogP contribution < -0.4 is 10.2 Å². The largest absolute Gasteiger partial charge is 0.371 e. The molecule has 2 aliphatic carbocycles. The maximum Gasteiger partial charge on any atom is 0.325 e. The van der Waals surface area contributed by atoms with Gasteiger partial charge in [0.2, 0.25) is 15.0 Å². The second kappa shape index (κ2) is 9.54. The van der Waals surface area contributed by atoms with Crippen LogP contribution in [-0.4, -0.2) is 80.2 Å². The van der Waals surface area contributed by atoms with Crippen molar-refractivity contribution in [3.8, 4) is 0 Å². The average molecular weight is 527 g/mol. The topological polar surface area (TPSA) is 98.7 Å². The van der Waals surface area contributed by atoms with Crippen molar-refractivity contribution in [1.82, 2.24) is 19.8 Å². The molecule has 0 bridgehead atoms. The third kappa shape index (κ3) is 4.48. The Morgan fingerprint density at radius 1 is 1.11 bits per heavy atom. The van der Waals surface area contributed by atoms with Gasteiger partial charge in [-0.25, -0.2) is 18.2 Å². The summed E-state index contributed by atoms with van der Waals surface area (Å²) in [5.74, 6) is 0.898. The molecule has 200 valence electrons. The molecule has 10 heteroatoms. The van der Waals surface area contributed by atoms with E-state index in [1.807, 2.05) is 0 Å². The summed E-state index contributed by atoms with van der Waals surface area (Å²) in [6.07, 6.45) is 9.82. The Morgan fingerprint density at radius 3 is 2.32 bits per heavy atom. The monoisotopic (exact) mass is 526 g/mol. The van der Waals surface area contributed by atoms with Gasteiger partial charge in [0.25, 0.3) is 0 Å². The minimum Gasteiger partial charge on any atom is -0.371 e. The van der Waals surface area contributed by atoms with Crippen LogP contribution in [-0.2, 0) is 15.4 Å². The van der Waals surface area contributed by atoms with E-state index in [9.17, 15) is 13.2 Å². The molecular formula is C27H38N6O3S. The molecule has 1 spiro atoms. The van der Waals surface area contributed by atoms with Gasteiger partial charge in [0, 0.05) is 25.4 Å². The fourth-order valence-electron chi connectivity index (χ4n) is 6.41. The molecule has 1 aromatic carbocycles. The average Bonchev–Trinajstić information content (AvgIpc) is 3.12. The van der Waals surface area contributed by atoms with E-state index in [4.69, 9.17) is 0 Å². The minimum atomic E-state index is -3.57. The van der Waals surface area contributed by atoms with Gasteiger partial charge in [0.1, 0.15) is 5.69 Å². The normalized spacial score (nSPS) is 26.7. The van der Waals surface area contributed by atoms with Gasteiger partial charge < -0.3 is 10.2 Å². The van der Waals surface area contributed by atoms with Crippen LogP contribution in [0.4, 0.5) is 16.3 Å². The molecule has 5 rings (SSSR count). The predicted octanol–water partition coefficient (Wildman–Crippen LogP) is 3.73. The summed E-state index contributed by atoms with van der Waals surface area (Å²) >= 11 is 0. The lowest BCUT2D eigenvalue weighted by Crippen LogP contribution is -2.56. The lowest BCUT2D eigenvalue weighted by atomic mass is 9.68. The van der Waals surface area contributed by atoms with Crippen LogP contribution in [0.1, 0.15) is 50.5 Å². The van der Waals surface area contributed by atoms with Gasteiger partial charge >= 0.3 is 6.03 Å². The van der Waals surface area contributed by atoms with Gasteiger partial charge in [-0.3, -0.25) is 9.80 Å². The van der Waals surface area contributed by atoms with Crippen LogP contribution in [0.5, 0.6) is 0 Å². The number of rotatable bonds is 7. The highest BCUT2D eigenvalue weighted by atomic mass is 32.2. The van der Waals surface area contributed by atoms with Crippen molar-refractivity contribution in [2.75, 3.05) is 50.7 Å². The Hall–Kier alpha value is -2.72. The maximum atomic E-state index is 14.0. The summed E-state index contributed by atoms with van der Waals surface area (Å²) in [6.45, 7) is 1.32. The van der Waals surface area contributed by atoms with Gasteiger partial charge in [-0.15, -0.1) is 0 Å². The van der Waals surface area contributed by atoms with Crippen molar-refractivity contribution in [3.63, 3.8) is 0 Å². The molecule has 1 saturated heterocycles. The summed E-state index contributed by atoms with van der Waals surface area (Å²) in [7, 11) is 2.43. The number of nitrogens with one attached hydrogen (secondary N) is 1. The Morgan fingerprint density at radius 2 is 1.78 bits per heavy atom. The molecule has 3 aliphatic rings. The maximum absolute atomic E-state index is 14.0. The smallest absolute Gasteiger partial charge is 0.325 e. The Balaban J connectivity index is 1.49. The number of benzene rings is 1. The predicted molar refractivity (Wildman–Crippen MR) is 144 cm³/mol. The SMILES string of the molecule is CNc1nc(S(C)(=O)=O)ncc1N1CC2(CCC(c3ccccc3)(N(C)C)CC2)N(CC2CCC2)C1=O. The zero-order valence-electron chi connectivity index (χ0n) is 22.3. The van der Waals surface area contributed by atoms with Crippen molar-refractivity contribution in [2.24, 2.45) is 5.92 Å². The van der Waals surface area contributed by atoms with Gasteiger partial charge in [-0.1, -0.05) is 36.8 Å². The number of hydrogen-bond donors (Lipinski definition) is 1. The van der Waals surface area contributed by atoms with E-state index in [-0.39, 0.29) is 22.3 Å². The number of urea groups is 1. The van der Waals surface area contributed by atoms with E-state index in [1.54, 1.807) is 11.9 Å². The molecule has 0 unspecified atom stereocenters. The second-order valence-electron chi connectivity index (χ2n) is 11.2. The molecule has 1 N–H and O–H groups in total. The molecule has 9 nitrogen and oxygen atoms in total.